The van der Waals surface area contributed by atoms with Gasteiger partial charge in [-0.2, -0.15) is 0 Å². The fraction of sp³-hybridized carbons (Fsp3) is 0.600. The molecular weight excluding hydrogens is 256 g/mol. The van der Waals surface area contributed by atoms with Crippen LogP contribution in [0.5, 0.6) is 0 Å². The molecule has 1 N–H and O–H groups in total. The van der Waals surface area contributed by atoms with Gasteiger partial charge in [-0.1, -0.05) is 6.92 Å². The molecule has 0 aromatic carbocycles. The summed E-state index contributed by atoms with van der Waals surface area (Å²) in [6.07, 6.45) is 5.66. The van der Waals surface area contributed by atoms with Gasteiger partial charge in [-0.25, -0.2) is 0 Å². The molecule has 2 atom stereocenters. The third kappa shape index (κ3) is 2.71. The third-order valence-corrected chi connectivity index (χ3v) is 4.34. The molecule has 3 rings (SSSR count). The van der Waals surface area contributed by atoms with Gasteiger partial charge < -0.3 is 14.6 Å². The molecule has 5 heteroatoms. The van der Waals surface area contributed by atoms with Gasteiger partial charge in [-0.3, -0.25) is 9.59 Å². The number of nitrogens with zero attached hydrogens (tertiary/aromatic N) is 1. The highest BCUT2D eigenvalue weighted by Crippen LogP contribution is 2.37. The second-order valence-corrected chi connectivity index (χ2v) is 5.91. The van der Waals surface area contributed by atoms with E-state index in [4.69, 9.17) is 4.42 Å². The minimum Gasteiger partial charge on any atom is -0.472 e. The maximum Gasteiger partial charge on any atom is 0.257 e. The Hall–Kier alpha value is -1.78. The molecule has 2 aliphatic rings. The van der Waals surface area contributed by atoms with Crippen molar-refractivity contribution in [1.29, 1.82) is 0 Å². The summed E-state index contributed by atoms with van der Waals surface area (Å²) in [5, 5.41) is 3.11. The standard InChI is InChI=1S/C15H20N2O3/c1-10-8-13(10)14(18)16-12-2-5-17(6-3-12)15(19)11-4-7-20-9-11/h4,7,9-10,12-13H,2-3,5-6,8H2,1H3,(H,16,18)/t10-,13+/m1/s1. The van der Waals surface area contributed by atoms with Crippen LogP contribution in [0, 0.1) is 11.8 Å². The molecule has 0 radical (unpaired) electrons. The quantitative estimate of drug-likeness (QED) is 0.913. The number of carbonyl (C=O) groups excluding carboxylic acids is 2. The number of amides is 2. The first-order valence-corrected chi connectivity index (χ1v) is 7.27. The van der Waals surface area contributed by atoms with Crippen LogP contribution in [0.3, 0.4) is 0 Å². The van der Waals surface area contributed by atoms with Crippen molar-refractivity contribution < 1.29 is 14.0 Å². The number of nitrogens with one attached hydrogen (secondary N) is 1. The molecule has 20 heavy (non-hydrogen) atoms. The van der Waals surface area contributed by atoms with Crippen LogP contribution in [0.15, 0.2) is 23.0 Å². The van der Waals surface area contributed by atoms with Crippen LogP contribution in [0.4, 0.5) is 0 Å². The van der Waals surface area contributed by atoms with Crippen LogP contribution >= 0.6 is 0 Å². The zero-order valence-corrected chi connectivity index (χ0v) is 11.7. The Kier molecular flexibility index (Phi) is 3.51. The minimum absolute atomic E-state index is 0.0133. The largest absolute Gasteiger partial charge is 0.472 e. The lowest BCUT2D eigenvalue weighted by molar-refractivity contribution is -0.123. The van der Waals surface area contributed by atoms with Crippen LogP contribution in [-0.4, -0.2) is 35.8 Å². The number of rotatable bonds is 3. The normalized spacial score (nSPS) is 26.4. The lowest BCUT2D eigenvalue weighted by Gasteiger charge is -2.32. The minimum atomic E-state index is 0.0133. The van der Waals surface area contributed by atoms with Crippen molar-refractivity contribution in [3.05, 3.63) is 24.2 Å². The van der Waals surface area contributed by atoms with E-state index in [1.807, 2.05) is 4.90 Å². The highest BCUT2D eigenvalue weighted by atomic mass is 16.3. The average molecular weight is 276 g/mol. The van der Waals surface area contributed by atoms with Gasteiger partial charge in [0, 0.05) is 25.0 Å². The molecule has 108 valence electrons. The summed E-state index contributed by atoms with van der Waals surface area (Å²) in [4.78, 5) is 25.8. The van der Waals surface area contributed by atoms with Gasteiger partial charge in [0.15, 0.2) is 0 Å². The van der Waals surface area contributed by atoms with Gasteiger partial charge in [0.25, 0.3) is 5.91 Å². The highest BCUT2D eigenvalue weighted by Gasteiger charge is 2.40. The van der Waals surface area contributed by atoms with Crippen LogP contribution in [0.1, 0.15) is 36.5 Å². The number of furan rings is 1. The molecule has 1 aromatic rings. The fourth-order valence-corrected chi connectivity index (χ4v) is 2.79. The van der Waals surface area contributed by atoms with E-state index in [0.29, 0.717) is 24.6 Å². The summed E-state index contributed by atoms with van der Waals surface area (Å²) in [5.41, 5.74) is 0.597. The first kappa shape index (κ1) is 13.2. The van der Waals surface area contributed by atoms with E-state index in [9.17, 15) is 9.59 Å². The maximum absolute atomic E-state index is 12.1. The van der Waals surface area contributed by atoms with Crippen molar-refractivity contribution in [2.24, 2.45) is 11.8 Å². The number of hydrogen-bond donors (Lipinski definition) is 1. The van der Waals surface area contributed by atoms with Gasteiger partial charge >= 0.3 is 0 Å². The Labute approximate surface area is 118 Å². The van der Waals surface area contributed by atoms with E-state index in [2.05, 4.69) is 12.2 Å². The molecule has 5 nitrogen and oxygen atoms in total. The molecule has 2 heterocycles. The van der Waals surface area contributed by atoms with Crippen LogP contribution < -0.4 is 5.32 Å². The smallest absolute Gasteiger partial charge is 0.257 e. The molecule has 1 aromatic heterocycles. The lowest BCUT2D eigenvalue weighted by Crippen LogP contribution is -2.47. The number of likely N-dealkylation sites (tertiary alicyclic amines) is 1. The highest BCUT2D eigenvalue weighted by molar-refractivity contribution is 5.93. The van der Waals surface area contributed by atoms with Crippen molar-refractivity contribution in [3.8, 4) is 0 Å². The summed E-state index contributed by atoms with van der Waals surface area (Å²) in [5.74, 6) is 0.967. The number of hydrogen-bond acceptors (Lipinski definition) is 3. The summed E-state index contributed by atoms with van der Waals surface area (Å²) in [6, 6.07) is 1.90. The van der Waals surface area contributed by atoms with Crippen LogP contribution in [-0.2, 0) is 4.79 Å². The molecule has 2 amide bonds. The average Bonchev–Trinajstić information content (AvgIpc) is 2.97. The Morgan fingerprint density at radius 1 is 1.35 bits per heavy atom. The van der Waals surface area contributed by atoms with Crippen molar-refractivity contribution in [3.63, 3.8) is 0 Å². The van der Waals surface area contributed by atoms with Gasteiger partial charge in [0.1, 0.15) is 6.26 Å². The second-order valence-electron chi connectivity index (χ2n) is 5.91. The molecule has 0 bridgehead atoms. The zero-order valence-electron chi connectivity index (χ0n) is 11.7. The SMILES string of the molecule is C[C@@H]1C[C@@H]1C(=O)NC1CCN(C(=O)c2ccoc2)CC1. The number of carbonyl (C=O) groups is 2. The van der Waals surface area contributed by atoms with Crippen LogP contribution in [0.2, 0.25) is 0 Å². The molecule has 0 spiro atoms. The van der Waals surface area contributed by atoms with Crippen molar-refractivity contribution in [2.45, 2.75) is 32.2 Å². The molecule has 1 aliphatic heterocycles. The fourth-order valence-electron chi connectivity index (χ4n) is 2.79. The Morgan fingerprint density at radius 3 is 2.60 bits per heavy atom. The maximum atomic E-state index is 12.1. The van der Waals surface area contributed by atoms with E-state index in [1.165, 1.54) is 12.5 Å². The third-order valence-electron chi connectivity index (χ3n) is 4.34. The van der Waals surface area contributed by atoms with Crippen LogP contribution in [0.25, 0.3) is 0 Å². The van der Waals surface area contributed by atoms with Gasteiger partial charge in [0.05, 0.1) is 11.8 Å². The van der Waals surface area contributed by atoms with Crippen molar-refractivity contribution >= 4 is 11.8 Å². The predicted molar refractivity (Wildman–Crippen MR) is 73.0 cm³/mol. The Balaban J connectivity index is 1.47. The summed E-state index contributed by atoms with van der Waals surface area (Å²) in [7, 11) is 0. The van der Waals surface area contributed by atoms with E-state index in [1.54, 1.807) is 6.07 Å². The van der Waals surface area contributed by atoms with E-state index >= 15 is 0 Å². The predicted octanol–water partition coefficient (Wildman–Crippen LogP) is 1.66. The van der Waals surface area contributed by atoms with E-state index in [0.717, 1.165) is 19.3 Å². The van der Waals surface area contributed by atoms with Gasteiger partial charge in [-0.05, 0) is 31.2 Å². The zero-order chi connectivity index (χ0) is 14.1. The molecule has 1 saturated carbocycles. The van der Waals surface area contributed by atoms with E-state index < -0.39 is 0 Å². The van der Waals surface area contributed by atoms with Gasteiger partial charge in [-0.15, -0.1) is 0 Å². The Morgan fingerprint density at radius 2 is 2.05 bits per heavy atom. The summed E-state index contributed by atoms with van der Waals surface area (Å²) >= 11 is 0. The van der Waals surface area contributed by atoms with E-state index in [-0.39, 0.29) is 23.8 Å². The molecular formula is C15H20N2O3. The molecule has 1 saturated heterocycles. The lowest BCUT2D eigenvalue weighted by atomic mass is 10.0. The second kappa shape index (κ2) is 5.31. The molecule has 0 unspecified atom stereocenters. The Bertz CT molecular complexity index is 489. The van der Waals surface area contributed by atoms with Gasteiger partial charge in [0.2, 0.25) is 5.91 Å². The molecule has 2 fully saturated rings. The monoisotopic (exact) mass is 276 g/mol. The topological polar surface area (TPSA) is 62.6 Å². The van der Waals surface area contributed by atoms with Crippen molar-refractivity contribution in [1.82, 2.24) is 10.2 Å². The number of piperidine rings is 1. The first-order chi connectivity index (χ1) is 9.65. The first-order valence-electron chi connectivity index (χ1n) is 7.27. The summed E-state index contributed by atoms with van der Waals surface area (Å²) in [6.45, 7) is 3.49. The summed E-state index contributed by atoms with van der Waals surface area (Å²) < 4.78 is 4.94. The van der Waals surface area contributed by atoms with Crippen molar-refractivity contribution in [2.75, 3.05) is 13.1 Å². The molecule has 1 aliphatic carbocycles.